The van der Waals surface area contributed by atoms with E-state index in [4.69, 9.17) is 0 Å². The van der Waals surface area contributed by atoms with Gasteiger partial charge in [-0.2, -0.15) is 0 Å². The highest BCUT2D eigenvalue weighted by Gasteiger charge is 2.46. The van der Waals surface area contributed by atoms with Gasteiger partial charge >= 0.3 is 0 Å². The van der Waals surface area contributed by atoms with E-state index >= 15 is 0 Å². The highest BCUT2D eigenvalue weighted by atomic mass is 15.1. The van der Waals surface area contributed by atoms with Gasteiger partial charge in [-0.1, -0.05) is 62.3 Å². The number of rotatable bonds is 0. The molecule has 0 radical (unpaired) electrons. The minimum absolute atomic E-state index is 0.757. The van der Waals surface area contributed by atoms with E-state index in [1.165, 1.54) is 116 Å². The zero-order chi connectivity index (χ0) is 29.7. The van der Waals surface area contributed by atoms with Gasteiger partial charge in [0.25, 0.3) is 0 Å². The first-order chi connectivity index (χ1) is 18.7. The lowest BCUT2D eigenvalue weighted by molar-refractivity contribution is -0.0262. The van der Waals surface area contributed by atoms with Crippen molar-refractivity contribution in [3.63, 3.8) is 0 Å². The van der Waals surface area contributed by atoms with Gasteiger partial charge in [0.05, 0.1) is 0 Å². The summed E-state index contributed by atoms with van der Waals surface area (Å²) in [6.07, 6.45) is 17.7. The molecule has 0 aromatic heterocycles. The van der Waals surface area contributed by atoms with E-state index in [0.29, 0.717) is 0 Å². The largest absolute Gasteiger partial charge is 0.306 e. The lowest BCUT2D eigenvalue weighted by Gasteiger charge is -2.53. The number of hydrogen-bond donors (Lipinski definition) is 0. The third-order valence-corrected chi connectivity index (χ3v) is 11.9. The number of likely N-dealkylation sites (tertiary alicyclic amines) is 3. The second kappa shape index (κ2) is 17.7. The van der Waals surface area contributed by atoms with Crippen molar-refractivity contribution in [1.82, 2.24) is 14.7 Å². The van der Waals surface area contributed by atoms with Gasteiger partial charge in [0.2, 0.25) is 0 Å². The van der Waals surface area contributed by atoms with E-state index in [0.717, 1.165) is 34.0 Å². The summed E-state index contributed by atoms with van der Waals surface area (Å²) in [4.78, 5) is 7.49. The maximum atomic E-state index is 2.51. The van der Waals surface area contributed by atoms with Gasteiger partial charge in [0.15, 0.2) is 0 Å². The maximum absolute atomic E-state index is 2.51. The molecule has 0 aromatic rings. The Morgan fingerprint density at radius 1 is 0.410 bits per heavy atom. The SMILES string of the molecule is CC.CC.CC.CC1CCC12CCCN(C)C2.CC1CCC12CCN(C)CC2.CC1CC[C@]12CCCN(C)C2. The summed E-state index contributed by atoms with van der Waals surface area (Å²) in [6.45, 7) is 27.4. The van der Waals surface area contributed by atoms with Crippen LogP contribution in [-0.4, -0.2) is 75.1 Å². The predicted molar refractivity (Wildman–Crippen MR) is 177 cm³/mol. The summed E-state index contributed by atoms with van der Waals surface area (Å²) in [7, 11) is 6.79. The lowest BCUT2D eigenvalue weighted by atomic mass is 9.56. The molecule has 3 heterocycles. The smallest absolute Gasteiger partial charge is 0.00375 e. The average Bonchev–Trinajstić information content (AvgIpc) is 2.99. The molecule has 3 nitrogen and oxygen atoms in total. The second-order valence-electron chi connectivity index (χ2n) is 13.9. The molecule has 0 bridgehead atoms. The van der Waals surface area contributed by atoms with Gasteiger partial charge < -0.3 is 14.7 Å². The van der Waals surface area contributed by atoms with Gasteiger partial charge in [0.1, 0.15) is 0 Å². The highest BCUT2D eigenvalue weighted by molar-refractivity contribution is 4.98. The summed E-state index contributed by atoms with van der Waals surface area (Å²) in [5.74, 6) is 3.03. The van der Waals surface area contributed by atoms with Crippen LogP contribution in [0.25, 0.3) is 0 Å². The lowest BCUT2D eigenvalue weighted by Crippen LogP contribution is -2.50. The molecule has 0 N–H and O–H groups in total. The molecule has 3 aliphatic carbocycles. The van der Waals surface area contributed by atoms with Crippen LogP contribution in [0.2, 0.25) is 0 Å². The summed E-state index contributed by atoms with van der Waals surface area (Å²) in [5.41, 5.74) is 2.31. The van der Waals surface area contributed by atoms with Gasteiger partial charge in [-0.25, -0.2) is 0 Å². The van der Waals surface area contributed by atoms with Crippen molar-refractivity contribution in [2.24, 2.45) is 34.0 Å². The van der Waals surface area contributed by atoms with Gasteiger partial charge in [-0.3, -0.25) is 0 Å². The van der Waals surface area contributed by atoms with Crippen LogP contribution in [0.4, 0.5) is 0 Å². The first-order valence-electron chi connectivity index (χ1n) is 17.7. The topological polar surface area (TPSA) is 9.72 Å². The fourth-order valence-corrected chi connectivity index (χ4v) is 8.34. The molecule has 3 saturated heterocycles. The highest BCUT2D eigenvalue weighted by Crippen LogP contribution is 2.54. The first kappa shape index (κ1) is 36.9. The third-order valence-electron chi connectivity index (χ3n) is 11.9. The molecule has 6 fully saturated rings. The summed E-state index contributed by atoms with van der Waals surface area (Å²) in [6, 6.07) is 0. The summed E-state index contributed by atoms with van der Waals surface area (Å²) in [5, 5.41) is 0. The van der Waals surface area contributed by atoms with E-state index in [9.17, 15) is 0 Å². The van der Waals surface area contributed by atoms with E-state index in [1.807, 2.05) is 41.5 Å². The van der Waals surface area contributed by atoms with Gasteiger partial charge in [0, 0.05) is 13.1 Å². The normalized spacial score (nSPS) is 36.8. The van der Waals surface area contributed by atoms with Crippen molar-refractivity contribution in [3.05, 3.63) is 0 Å². The molecular formula is C36H75N3. The van der Waals surface area contributed by atoms with Crippen LogP contribution < -0.4 is 0 Å². The molecule has 3 saturated carbocycles. The van der Waals surface area contributed by atoms with Gasteiger partial charge in [-0.05, 0) is 158 Å². The average molecular weight is 550 g/mol. The zero-order valence-electron chi connectivity index (χ0n) is 29.3. The van der Waals surface area contributed by atoms with Crippen molar-refractivity contribution >= 4 is 0 Å². The fraction of sp³-hybridized carbons (Fsp3) is 1.00. The molecule has 3 heteroatoms. The van der Waals surface area contributed by atoms with Crippen LogP contribution in [0.3, 0.4) is 0 Å². The molecule has 0 aromatic carbocycles. The Hall–Kier alpha value is -0.120. The molecule has 3 aliphatic heterocycles. The van der Waals surface area contributed by atoms with Crippen LogP contribution >= 0.6 is 0 Å². The molecular weight excluding hydrogens is 474 g/mol. The van der Waals surface area contributed by atoms with Crippen LogP contribution in [0.1, 0.15) is 139 Å². The first-order valence-corrected chi connectivity index (χ1v) is 17.7. The predicted octanol–water partition coefficient (Wildman–Crippen LogP) is 9.46. The third kappa shape index (κ3) is 9.44. The van der Waals surface area contributed by atoms with Gasteiger partial charge in [-0.15, -0.1) is 0 Å². The molecule has 4 unspecified atom stereocenters. The minimum Gasteiger partial charge on any atom is -0.306 e. The van der Waals surface area contributed by atoms with Crippen molar-refractivity contribution in [2.45, 2.75) is 139 Å². The number of hydrogen-bond acceptors (Lipinski definition) is 3. The van der Waals surface area contributed by atoms with Crippen LogP contribution in [0.5, 0.6) is 0 Å². The molecule has 6 rings (SSSR count). The number of piperidine rings is 3. The Balaban J connectivity index is 0.000000267. The Morgan fingerprint density at radius 2 is 0.744 bits per heavy atom. The molecule has 39 heavy (non-hydrogen) atoms. The van der Waals surface area contributed by atoms with E-state index in [1.54, 1.807) is 0 Å². The monoisotopic (exact) mass is 550 g/mol. The standard InChI is InChI=1S/3C10H19N.3C2H6/c2*1-9-4-6-10(9)5-3-7-11(2)8-10;1-9-3-4-10(9)5-7-11(2)8-6-10;3*1-2/h3*9H,3-8H2,1-2H3;3*1-2H3/t9?,10-;;;;;/m0...../s1. The Morgan fingerprint density at radius 3 is 0.949 bits per heavy atom. The Kier molecular flexibility index (Phi) is 16.8. The van der Waals surface area contributed by atoms with Crippen LogP contribution in [0, 0.1) is 34.0 Å². The molecule has 234 valence electrons. The maximum Gasteiger partial charge on any atom is 0.00375 e. The summed E-state index contributed by atoms with van der Waals surface area (Å²) >= 11 is 0. The van der Waals surface area contributed by atoms with E-state index in [2.05, 4.69) is 56.6 Å². The zero-order valence-corrected chi connectivity index (χ0v) is 29.3. The van der Waals surface area contributed by atoms with Crippen LogP contribution in [0.15, 0.2) is 0 Å². The van der Waals surface area contributed by atoms with Crippen molar-refractivity contribution in [2.75, 3.05) is 60.4 Å². The Labute approximate surface area is 248 Å². The van der Waals surface area contributed by atoms with E-state index < -0.39 is 0 Å². The Bertz CT molecular complexity index is 591. The molecule has 6 aliphatic rings. The summed E-state index contributed by atoms with van der Waals surface area (Å²) < 4.78 is 0. The molecule has 0 amide bonds. The van der Waals surface area contributed by atoms with Crippen molar-refractivity contribution in [1.29, 1.82) is 0 Å². The fourth-order valence-electron chi connectivity index (χ4n) is 8.34. The number of nitrogens with zero attached hydrogens (tertiary/aromatic N) is 3. The molecule has 5 atom stereocenters. The second-order valence-corrected chi connectivity index (χ2v) is 13.9. The quantitative estimate of drug-likeness (QED) is 0.298. The minimum atomic E-state index is 0.757. The van der Waals surface area contributed by atoms with Crippen LogP contribution in [-0.2, 0) is 0 Å². The van der Waals surface area contributed by atoms with Crippen molar-refractivity contribution < 1.29 is 0 Å². The molecule has 3 spiro atoms. The van der Waals surface area contributed by atoms with Crippen molar-refractivity contribution in [3.8, 4) is 0 Å². The van der Waals surface area contributed by atoms with E-state index in [-0.39, 0.29) is 0 Å².